The Kier molecular flexibility index (Phi) is 5.88. The molecule has 0 radical (unpaired) electrons. The average Bonchev–Trinajstić information content (AvgIpc) is 3.01. The molecule has 7 heteroatoms. The molecule has 1 N–H and O–H groups in total. The van der Waals surface area contributed by atoms with Crippen molar-refractivity contribution >= 4 is 50.6 Å². The minimum absolute atomic E-state index is 0.156. The van der Waals surface area contributed by atoms with E-state index in [0.29, 0.717) is 15.8 Å². The number of thiazole rings is 1. The number of benzene rings is 2. The van der Waals surface area contributed by atoms with Crippen LogP contribution >= 0.6 is 39.0 Å². The molecule has 0 aliphatic heterocycles. The van der Waals surface area contributed by atoms with Gasteiger partial charge in [0.05, 0.1) is 22.0 Å². The molecule has 2 aromatic carbocycles. The fourth-order valence-corrected chi connectivity index (χ4v) is 4.18. The number of halogens is 2. The van der Waals surface area contributed by atoms with Gasteiger partial charge in [-0.15, -0.1) is 23.1 Å². The van der Waals surface area contributed by atoms with Crippen molar-refractivity contribution in [3.63, 3.8) is 0 Å². The molecule has 3 aromatic rings. The summed E-state index contributed by atoms with van der Waals surface area (Å²) in [5.41, 5.74) is 1.66. The van der Waals surface area contributed by atoms with E-state index in [-0.39, 0.29) is 11.6 Å². The Labute approximate surface area is 161 Å². The van der Waals surface area contributed by atoms with Crippen molar-refractivity contribution in [1.82, 2.24) is 4.98 Å². The zero-order valence-electron chi connectivity index (χ0n) is 13.3. The van der Waals surface area contributed by atoms with Crippen LogP contribution in [0.4, 0.5) is 10.1 Å². The molecule has 128 valence electrons. The van der Waals surface area contributed by atoms with E-state index in [1.165, 1.54) is 12.1 Å². The van der Waals surface area contributed by atoms with Crippen LogP contribution in [0, 0.1) is 12.7 Å². The number of nitrogens with one attached hydrogen (secondary N) is 1. The number of amides is 1. The predicted octanol–water partition coefficient (Wildman–Crippen LogP) is 5.90. The lowest BCUT2D eigenvalue weighted by Gasteiger charge is -2.10. The summed E-state index contributed by atoms with van der Waals surface area (Å²) in [6.07, 6.45) is 0. The van der Waals surface area contributed by atoms with Crippen molar-refractivity contribution < 1.29 is 9.18 Å². The van der Waals surface area contributed by atoms with Gasteiger partial charge in [-0.2, -0.15) is 0 Å². The lowest BCUT2D eigenvalue weighted by Crippen LogP contribution is -2.14. The number of thioether (sulfide) groups is 1. The lowest BCUT2D eigenvalue weighted by molar-refractivity contribution is 0.102. The summed E-state index contributed by atoms with van der Waals surface area (Å²) < 4.78 is 14.6. The number of hydrogen-bond donors (Lipinski definition) is 1. The molecule has 0 unspecified atom stereocenters. The first-order valence-corrected chi connectivity index (χ1v) is 10.1. The molecule has 1 aromatic heterocycles. The van der Waals surface area contributed by atoms with Crippen molar-refractivity contribution in [2.75, 3.05) is 5.32 Å². The summed E-state index contributed by atoms with van der Waals surface area (Å²) >= 11 is 6.35. The number of carbonyl (C=O) groups excluding carboxylic acids is 1. The van der Waals surface area contributed by atoms with Crippen LogP contribution in [0.5, 0.6) is 0 Å². The van der Waals surface area contributed by atoms with Crippen molar-refractivity contribution in [3.8, 4) is 0 Å². The summed E-state index contributed by atoms with van der Waals surface area (Å²) in [4.78, 5) is 17.8. The van der Waals surface area contributed by atoms with Gasteiger partial charge in [0, 0.05) is 20.5 Å². The normalized spacial score (nSPS) is 10.7. The highest BCUT2D eigenvalue weighted by atomic mass is 79.9. The van der Waals surface area contributed by atoms with E-state index in [1.807, 2.05) is 24.4 Å². The van der Waals surface area contributed by atoms with Crippen molar-refractivity contribution in [2.24, 2.45) is 0 Å². The number of carbonyl (C=O) groups is 1. The maximum Gasteiger partial charge on any atom is 0.256 e. The minimum atomic E-state index is -0.481. The van der Waals surface area contributed by atoms with Crippen molar-refractivity contribution in [3.05, 3.63) is 74.4 Å². The van der Waals surface area contributed by atoms with Gasteiger partial charge in [-0.25, -0.2) is 9.37 Å². The topological polar surface area (TPSA) is 42.0 Å². The van der Waals surface area contributed by atoms with E-state index < -0.39 is 5.82 Å². The van der Waals surface area contributed by atoms with Gasteiger partial charge in [0.25, 0.3) is 5.91 Å². The van der Waals surface area contributed by atoms with Crippen LogP contribution in [0.2, 0.25) is 0 Å². The van der Waals surface area contributed by atoms with Crippen LogP contribution in [-0.4, -0.2) is 10.9 Å². The fraction of sp³-hybridized carbons (Fsp3) is 0.111. The second-order valence-electron chi connectivity index (χ2n) is 5.22. The summed E-state index contributed by atoms with van der Waals surface area (Å²) in [5, 5.41) is 5.67. The summed E-state index contributed by atoms with van der Waals surface area (Å²) in [6.45, 7) is 1.97. The molecule has 0 fully saturated rings. The van der Waals surface area contributed by atoms with E-state index >= 15 is 0 Å². The van der Waals surface area contributed by atoms with Gasteiger partial charge < -0.3 is 5.32 Å². The Bertz CT molecular complexity index is 914. The van der Waals surface area contributed by atoms with E-state index in [4.69, 9.17) is 0 Å². The van der Waals surface area contributed by atoms with Gasteiger partial charge in [0.1, 0.15) is 5.82 Å². The maximum atomic E-state index is 13.9. The Morgan fingerprint density at radius 2 is 2.12 bits per heavy atom. The Balaban J connectivity index is 1.76. The first-order chi connectivity index (χ1) is 12.0. The van der Waals surface area contributed by atoms with Gasteiger partial charge in [0.2, 0.25) is 0 Å². The van der Waals surface area contributed by atoms with E-state index in [2.05, 4.69) is 26.2 Å². The SMILES string of the molecule is Cc1nc(CSc2ccccc2C(=O)Nc2ccc(Br)cc2F)cs1. The standard InChI is InChI=1S/C18H14BrFN2OS2/c1-11-21-13(9-24-11)10-25-17-5-3-2-4-14(17)18(23)22-16-7-6-12(19)8-15(16)20/h2-9H,10H2,1H3,(H,22,23). The highest BCUT2D eigenvalue weighted by molar-refractivity contribution is 9.10. The Hall–Kier alpha value is -1.70. The lowest BCUT2D eigenvalue weighted by atomic mass is 10.2. The van der Waals surface area contributed by atoms with Gasteiger partial charge in [-0.3, -0.25) is 4.79 Å². The number of rotatable bonds is 5. The highest BCUT2D eigenvalue weighted by Gasteiger charge is 2.14. The van der Waals surface area contributed by atoms with Gasteiger partial charge >= 0.3 is 0 Å². The van der Waals surface area contributed by atoms with Crippen LogP contribution in [0.25, 0.3) is 0 Å². The largest absolute Gasteiger partial charge is 0.319 e. The second kappa shape index (κ2) is 8.12. The first kappa shape index (κ1) is 18.1. The first-order valence-electron chi connectivity index (χ1n) is 7.42. The molecule has 0 saturated heterocycles. The van der Waals surface area contributed by atoms with Crippen LogP contribution in [0.1, 0.15) is 21.1 Å². The number of hydrogen-bond acceptors (Lipinski definition) is 4. The molecule has 0 spiro atoms. The monoisotopic (exact) mass is 436 g/mol. The Morgan fingerprint density at radius 1 is 1.32 bits per heavy atom. The van der Waals surface area contributed by atoms with Crippen molar-refractivity contribution in [2.45, 2.75) is 17.6 Å². The number of aryl methyl sites for hydroxylation is 1. The smallest absolute Gasteiger partial charge is 0.256 e. The molecule has 25 heavy (non-hydrogen) atoms. The van der Waals surface area contributed by atoms with Crippen LogP contribution in [0.15, 0.2) is 57.2 Å². The highest BCUT2D eigenvalue weighted by Crippen LogP contribution is 2.28. The minimum Gasteiger partial charge on any atom is -0.319 e. The maximum absolute atomic E-state index is 13.9. The zero-order valence-corrected chi connectivity index (χ0v) is 16.5. The molecule has 1 amide bonds. The third-order valence-electron chi connectivity index (χ3n) is 3.35. The average molecular weight is 437 g/mol. The van der Waals surface area contributed by atoms with E-state index in [0.717, 1.165) is 15.6 Å². The zero-order chi connectivity index (χ0) is 17.8. The van der Waals surface area contributed by atoms with Gasteiger partial charge in [-0.05, 0) is 37.3 Å². The van der Waals surface area contributed by atoms with Crippen LogP contribution < -0.4 is 5.32 Å². The molecule has 1 heterocycles. The quantitative estimate of drug-likeness (QED) is 0.506. The third kappa shape index (κ3) is 4.68. The molecule has 3 rings (SSSR count). The molecular weight excluding hydrogens is 423 g/mol. The van der Waals surface area contributed by atoms with Gasteiger partial charge in [0.15, 0.2) is 0 Å². The summed E-state index contributed by atoms with van der Waals surface area (Å²) in [7, 11) is 0. The van der Waals surface area contributed by atoms with E-state index in [1.54, 1.807) is 41.3 Å². The summed E-state index contributed by atoms with van der Waals surface area (Å²) in [6, 6.07) is 11.8. The number of anilines is 1. The second-order valence-corrected chi connectivity index (χ2v) is 8.22. The third-order valence-corrected chi connectivity index (χ3v) is 5.78. The van der Waals surface area contributed by atoms with Crippen LogP contribution in [-0.2, 0) is 5.75 Å². The molecule has 0 atom stereocenters. The predicted molar refractivity (Wildman–Crippen MR) is 105 cm³/mol. The molecule has 0 aliphatic rings. The Morgan fingerprint density at radius 3 is 2.84 bits per heavy atom. The number of aromatic nitrogens is 1. The molecule has 0 aliphatic carbocycles. The van der Waals surface area contributed by atoms with Crippen molar-refractivity contribution in [1.29, 1.82) is 0 Å². The fourth-order valence-electron chi connectivity index (χ4n) is 2.19. The molecular formula is C18H14BrFN2OS2. The molecule has 0 saturated carbocycles. The number of nitrogens with zero attached hydrogens (tertiary/aromatic N) is 1. The molecule has 0 bridgehead atoms. The van der Waals surface area contributed by atoms with E-state index in [9.17, 15) is 9.18 Å². The van der Waals surface area contributed by atoms with Crippen LogP contribution in [0.3, 0.4) is 0 Å². The van der Waals surface area contributed by atoms with Gasteiger partial charge in [-0.1, -0.05) is 28.1 Å². The summed E-state index contributed by atoms with van der Waals surface area (Å²) in [5.74, 6) is -0.133. The molecule has 3 nitrogen and oxygen atoms in total.